The first kappa shape index (κ1) is 14.3. The van der Waals surface area contributed by atoms with Crippen molar-refractivity contribution < 1.29 is 12.8 Å². The van der Waals surface area contributed by atoms with Crippen LogP contribution in [0.1, 0.15) is 5.56 Å². The molecule has 0 saturated carbocycles. The van der Waals surface area contributed by atoms with E-state index in [1.54, 1.807) is 31.2 Å². The second kappa shape index (κ2) is 5.13. The standard InChI is InChI=1S/C14H15FN2O2S/c1-9-6-7-10(8-11(9)15)17-12-4-3-5-13(14(12)16)20(2,18)19/h3-8,17H,16H2,1-2H3. The number of nitrogens with one attached hydrogen (secondary N) is 1. The van der Waals surface area contributed by atoms with Gasteiger partial charge in [-0.2, -0.15) is 0 Å². The molecule has 0 spiro atoms. The lowest BCUT2D eigenvalue weighted by molar-refractivity contribution is 0.602. The molecule has 20 heavy (non-hydrogen) atoms. The third-order valence-corrected chi connectivity index (χ3v) is 4.07. The minimum Gasteiger partial charge on any atom is -0.396 e. The van der Waals surface area contributed by atoms with Crippen molar-refractivity contribution in [2.45, 2.75) is 11.8 Å². The summed E-state index contributed by atoms with van der Waals surface area (Å²) in [7, 11) is -3.40. The second-order valence-electron chi connectivity index (χ2n) is 4.58. The fourth-order valence-electron chi connectivity index (χ4n) is 1.80. The van der Waals surface area contributed by atoms with Crippen LogP contribution in [0.25, 0.3) is 0 Å². The molecule has 0 fully saturated rings. The maximum absolute atomic E-state index is 13.5. The molecule has 0 saturated heterocycles. The highest BCUT2D eigenvalue weighted by molar-refractivity contribution is 7.90. The van der Waals surface area contributed by atoms with Crippen molar-refractivity contribution >= 4 is 26.9 Å². The quantitative estimate of drug-likeness (QED) is 0.854. The average Bonchev–Trinajstić information content (AvgIpc) is 2.35. The first-order chi connectivity index (χ1) is 9.29. The first-order valence-corrected chi connectivity index (χ1v) is 7.80. The van der Waals surface area contributed by atoms with Crippen LogP contribution < -0.4 is 11.1 Å². The molecule has 0 aliphatic carbocycles. The third kappa shape index (κ3) is 2.91. The van der Waals surface area contributed by atoms with E-state index in [9.17, 15) is 12.8 Å². The van der Waals surface area contributed by atoms with Crippen molar-refractivity contribution in [3.05, 3.63) is 47.8 Å². The van der Waals surface area contributed by atoms with Gasteiger partial charge >= 0.3 is 0 Å². The van der Waals surface area contributed by atoms with Crippen LogP contribution in [0, 0.1) is 12.7 Å². The molecule has 0 aliphatic heterocycles. The SMILES string of the molecule is Cc1ccc(Nc2cccc(S(C)(=O)=O)c2N)cc1F. The molecule has 0 aliphatic rings. The number of hydrogen-bond donors (Lipinski definition) is 2. The summed E-state index contributed by atoms with van der Waals surface area (Å²) < 4.78 is 36.7. The van der Waals surface area contributed by atoms with Crippen molar-refractivity contribution in [3.8, 4) is 0 Å². The molecule has 106 valence electrons. The van der Waals surface area contributed by atoms with Crippen LogP contribution in [0.3, 0.4) is 0 Å². The van der Waals surface area contributed by atoms with Crippen molar-refractivity contribution in [1.82, 2.24) is 0 Å². The average molecular weight is 294 g/mol. The van der Waals surface area contributed by atoms with E-state index in [-0.39, 0.29) is 16.4 Å². The van der Waals surface area contributed by atoms with Gasteiger partial charge in [0.25, 0.3) is 0 Å². The minimum atomic E-state index is -3.40. The Morgan fingerprint density at radius 3 is 2.50 bits per heavy atom. The van der Waals surface area contributed by atoms with Crippen LogP contribution in [0.5, 0.6) is 0 Å². The predicted octanol–water partition coefficient (Wildman–Crippen LogP) is 2.86. The predicted molar refractivity (Wildman–Crippen MR) is 78.4 cm³/mol. The smallest absolute Gasteiger partial charge is 0.177 e. The van der Waals surface area contributed by atoms with Crippen molar-refractivity contribution in [2.24, 2.45) is 0 Å². The van der Waals surface area contributed by atoms with E-state index in [0.29, 0.717) is 16.9 Å². The van der Waals surface area contributed by atoms with E-state index in [2.05, 4.69) is 5.32 Å². The molecule has 0 amide bonds. The summed E-state index contributed by atoms with van der Waals surface area (Å²) in [6.45, 7) is 1.66. The highest BCUT2D eigenvalue weighted by atomic mass is 32.2. The summed E-state index contributed by atoms with van der Waals surface area (Å²) in [5, 5.41) is 2.92. The molecule has 0 atom stereocenters. The molecule has 0 unspecified atom stereocenters. The van der Waals surface area contributed by atoms with Crippen LogP contribution >= 0.6 is 0 Å². The van der Waals surface area contributed by atoms with Gasteiger partial charge in [0, 0.05) is 11.9 Å². The van der Waals surface area contributed by atoms with Crippen LogP contribution in [-0.4, -0.2) is 14.7 Å². The normalized spacial score (nSPS) is 11.3. The maximum Gasteiger partial charge on any atom is 0.177 e. The zero-order valence-corrected chi connectivity index (χ0v) is 12.0. The molecule has 2 rings (SSSR count). The number of hydrogen-bond acceptors (Lipinski definition) is 4. The Hall–Kier alpha value is -2.08. The molecule has 2 aromatic carbocycles. The molecule has 0 bridgehead atoms. The summed E-state index contributed by atoms with van der Waals surface area (Å²) in [5.74, 6) is -0.340. The van der Waals surface area contributed by atoms with E-state index in [1.165, 1.54) is 12.1 Å². The Morgan fingerprint density at radius 1 is 1.20 bits per heavy atom. The van der Waals surface area contributed by atoms with Gasteiger partial charge in [-0.05, 0) is 36.8 Å². The number of nitrogens with two attached hydrogens (primary N) is 1. The van der Waals surface area contributed by atoms with Gasteiger partial charge in [0.05, 0.1) is 16.3 Å². The monoisotopic (exact) mass is 294 g/mol. The molecule has 0 radical (unpaired) electrons. The van der Waals surface area contributed by atoms with Gasteiger partial charge in [-0.25, -0.2) is 12.8 Å². The highest BCUT2D eigenvalue weighted by Crippen LogP contribution is 2.29. The summed E-state index contributed by atoms with van der Waals surface area (Å²) in [6.07, 6.45) is 1.09. The highest BCUT2D eigenvalue weighted by Gasteiger charge is 2.14. The van der Waals surface area contributed by atoms with Crippen LogP contribution in [0.15, 0.2) is 41.3 Å². The van der Waals surface area contributed by atoms with E-state index < -0.39 is 9.84 Å². The van der Waals surface area contributed by atoms with Crippen molar-refractivity contribution in [2.75, 3.05) is 17.3 Å². The first-order valence-electron chi connectivity index (χ1n) is 5.91. The zero-order chi connectivity index (χ0) is 14.9. The Balaban J connectivity index is 2.42. The van der Waals surface area contributed by atoms with E-state index in [0.717, 1.165) is 6.26 Å². The Kier molecular flexibility index (Phi) is 3.67. The Morgan fingerprint density at radius 2 is 1.90 bits per heavy atom. The van der Waals surface area contributed by atoms with Gasteiger partial charge in [-0.3, -0.25) is 0 Å². The molecule has 2 aromatic rings. The number of benzene rings is 2. The largest absolute Gasteiger partial charge is 0.396 e. The molecule has 6 heteroatoms. The summed E-state index contributed by atoms with van der Waals surface area (Å²) in [6, 6.07) is 9.33. The topological polar surface area (TPSA) is 72.2 Å². The minimum absolute atomic E-state index is 0.0510. The van der Waals surface area contributed by atoms with E-state index in [4.69, 9.17) is 5.73 Å². The summed E-state index contributed by atoms with van der Waals surface area (Å²) in [4.78, 5) is 0.0510. The number of halogens is 1. The third-order valence-electron chi connectivity index (χ3n) is 2.92. The van der Waals surface area contributed by atoms with Gasteiger partial charge in [0.15, 0.2) is 9.84 Å². The summed E-state index contributed by atoms with van der Waals surface area (Å²) in [5.41, 5.74) is 7.44. The second-order valence-corrected chi connectivity index (χ2v) is 6.56. The zero-order valence-electron chi connectivity index (χ0n) is 11.1. The van der Waals surface area contributed by atoms with Gasteiger partial charge in [0.2, 0.25) is 0 Å². The lowest BCUT2D eigenvalue weighted by Gasteiger charge is -2.12. The number of anilines is 3. The lowest BCUT2D eigenvalue weighted by Crippen LogP contribution is -2.05. The number of rotatable bonds is 3. The Bertz CT molecular complexity index is 758. The van der Waals surface area contributed by atoms with Crippen LogP contribution in [0.2, 0.25) is 0 Å². The fraction of sp³-hybridized carbons (Fsp3) is 0.143. The Labute approximate surface area is 117 Å². The molecule has 0 aromatic heterocycles. The molecule has 3 N–H and O–H groups in total. The van der Waals surface area contributed by atoms with Gasteiger partial charge < -0.3 is 11.1 Å². The molecule has 4 nitrogen and oxygen atoms in total. The lowest BCUT2D eigenvalue weighted by atomic mass is 10.2. The van der Waals surface area contributed by atoms with Gasteiger partial charge in [-0.1, -0.05) is 12.1 Å². The van der Waals surface area contributed by atoms with Crippen molar-refractivity contribution in [3.63, 3.8) is 0 Å². The van der Waals surface area contributed by atoms with Crippen LogP contribution in [0.4, 0.5) is 21.5 Å². The van der Waals surface area contributed by atoms with Gasteiger partial charge in [-0.15, -0.1) is 0 Å². The van der Waals surface area contributed by atoms with E-state index >= 15 is 0 Å². The number of aryl methyl sites for hydroxylation is 1. The van der Waals surface area contributed by atoms with E-state index in [1.807, 2.05) is 0 Å². The fourth-order valence-corrected chi connectivity index (χ4v) is 2.64. The van der Waals surface area contributed by atoms with Crippen LogP contribution in [-0.2, 0) is 9.84 Å². The number of para-hydroxylation sites is 1. The molecule has 0 heterocycles. The van der Waals surface area contributed by atoms with Crippen molar-refractivity contribution in [1.29, 1.82) is 0 Å². The van der Waals surface area contributed by atoms with Gasteiger partial charge in [0.1, 0.15) is 5.82 Å². The summed E-state index contributed by atoms with van der Waals surface area (Å²) >= 11 is 0. The maximum atomic E-state index is 13.5. The molecular weight excluding hydrogens is 279 g/mol. The number of nitrogen functional groups attached to an aromatic ring is 1. The molecular formula is C14H15FN2O2S. The number of sulfone groups is 1.